The van der Waals surface area contributed by atoms with Crippen LogP contribution in [0, 0.1) is 5.92 Å². The van der Waals surface area contributed by atoms with Gasteiger partial charge in [0, 0.05) is 49.0 Å². The van der Waals surface area contributed by atoms with Gasteiger partial charge in [-0.2, -0.15) is 0 Å². The zero-order valence-corrected chi connectivity index (χ0v) is 20.1. The third kappa shape index (κ3) is 5.57. The van der Waals surface area contributed by atoms with E-state index in [4.69, 9.17) is 4.74 Å². The molecule has 0 saturated heterocycles. The van der Waals surface area contributed by atoms with Crippen molar-refractivity contribution >= 4 is 23.5 Å². The molecule has 0 amide bonds. The number of nitrogens with one attached hydrogen (secondary N) is 1. The van der Waals surface area contributed by atoms with Crippen LogP contribution in [0.4, 0.5) is 11.6 Å². The smallest absolute Gasteiger partial charge is 0.227 e. The highest BCUT2D eigenvalue weighted by atomic mass is 16.5. The SMILES string of the molecule is CC(C)CC(=O)C1=Cc2ccc(Nc3nccc(-c4cc(OC5CCC(O)C5)ccn4)n3)cc2C1. The summed E-state index contributed by atoms with van der Waals surface area (Å²) in [7, 11) is 0. The molecule has 0 radical (unpaired) electrons. The predicted octanol–water partition coefficient (Wildman–Crippen LogP) is 5.13. The monoisotopic (exact) mass is 470 g/mol. The highest BCUT2D eigenvalue weighted by molar-refractivity contribution is 6.02. The number of aliphatic hydroxyl groups excluding tert-OH is 1. The molecule has 0 aliphatic heterocycles. The maximum absolute atomic E-state index is 12.5. The molecule has 35 heavy (non-hydrogen) atoms. The van der Waals surface area contributed by atoms with E-state index in [1.165, 1.54) is 0 Å². The van der Waals surface area contributed by atoms with Crippen LogP contribution >= 0.6 is 0 Å². The number of carbonyl (C=O) groups is 1. The number of nitrogens with zero attached hydrogens (tertiary/aromatic N) is 3. The Morgan fingerprint density at radius 2 is 1.97 bits per heavy atom. The van der Waals surface area contributed by atoms with Gasteiger partial charge in [-0.15, -0.1) is 0 Å². The number of Topliss-reactive ketones (excluding diaryl/α,β-unsaturated/α-hetero) is 1. The summed E-state index contributed by atoms with van der Waals surface area (Å²) in [6.45, 7) is 4.13. The molecule has 2 unspecified atom stereocenters. The van der Waals surface area contributed by atoms with Crippen LogP contribution in [-0.4, -0.2) is 38.0 Å². The van der Waals surface area contributed by atoms with Crippen LogP contribution in [0.3, 0.4) is 0 Å². The van der Waals surface area contributed by atoms with E-state index in [2.05, 4.69) is 40.2 Å². The van der Waals surface area contributed by atoms with Gasteiger partial charge in [0.1, 0.15) is 11.9 Å². The molecule has 2 heterocycles. The number of rotatable bonds is 8. The van der Waals surface area contributed by atoms with Gasteiger partial charge in [-0.25, -0.2) is 9.97 Å². The van der Waals surface area contributed by atoms with E-state index < -0.39 is 0 Å². The average molecular weight is 471 g/mol. The van der Waals surface area contributed by atoms with E-state index >= 15 is 0 Å². The standard InChI is InChI=1S/C28H30N4O3/c1-17(2)11-27(34)20-12-18-3-4-21(14-19(18)13-20)31-28-30-10-8-25(32-28)26-16-24(7-9-29-26)35-23-6-5-22(33)15-23/h3-4,7-10,12,14,16-17,22-23,33H,5-6,11,13,15H2,1-2H3,(H,30,31,32). The third-order valence-electron chi connectivity index (χ3n) is 6.37. The summed E-state index contributed by atoms with van der Waals surface area (Å²) in [5, 5.41) is 13.0. The molecular weight excluding hydrogens is 440 g/mol. The van der Waals surface area contributed by atoms with Gasteiger partial charge < -0.3 is 15.2 Å². The van der Waals surface area contributed by atoms with Crippen LogP contribution in [0.25, 0.3) is 17.5 Å². The largest absolute Gasteiger partial charge is 0.490 e. The Kier molecular flexibility index (Phi) is 6.59. The molecule has 3 aromatic rings. The lowest BCUT2D eigenvalue weighted by Crippen LogP contribution is -2.13. The van der Waals surface area contributed by atoms with Crippen molar-refractivity contribution in [3.05, 3.63) is 65.5 Å². The molecule has 180 valence electrons. The molecule has 1 saturated carbocycles. The predicted molar refractivity (Wildman–Crippen MR) is 135 cm³/mol. The zero-order chi connectivity index (χ0) is 24.4. The molecule has 7 nitrogen and oxygen atoms in total. The van der Waals surface area contributed by atoms with Crippen molar-refractivity contribution in [1.29, 1.82) is 0 Å². The first kappa shape index (κ1) is 23.2. The Balaban J connectivity index is 1.28. The second-order valence-corrected chi connectivity index (χ2v) is 9.76. The van der Waals surface area contributed by atoms with Crippen molar-refractivity contribution in [2.45, 2.75) is 58.2 Å². The lowest BCUT2D eigenvalue weighted by molar-refractivity contribution is -0.116. The second kappa shape index (κ2) is 9.96. The maximum atomic E-state index is 12.5. The first-order valence-corrected chi connectivity index (χ1v) is 12.2. The average Bonchev–Trinajstić information content (AvgIpc) is 3.44. The fourth-order valence-electron chi connectivity index (χ4n) is 4.63. The van der Waals surface area contributed by atoms with E-state index in [0.29, 0.717) is 42.5 Å². The first-order chi connectivity index (χ1) is 16.9. The minimum absolute atomic E-state index is 0.0263. The number of benzene rings is 1. The quantitative estimate of drug-likeness (QED) is 0.471. The van der Waals surface area contributed by atoms with Gasteiger partial charge in [-0.05, 0) is 60.2 Å². The molecule has 2 aliphatic carbocycles. The van der Waals surface area contributed by atoms with Crippen LogP contribution in [0.2, 0.25) is 0 Å². The Hall–Kier alpha value is -3.58. The number of fused-ring (bicyclic) bond motifs is 1. The number of ketones is 1. The van der Waals surface area contributed by atoms with Gasteiger partial charge in [0.05, 0.1) is 17.5 Å². The van der Waals surface area contributed by atoms with Crippen LogP contribution in [0.1, 0.15) is 50.7 Å². The fourth-order valence-corrected chi connectivity index (χ4v) is 4.63. The van der Waals surface area contributed by atoms with Gasteiger partial charge in [0.2, 0.25) is 5.95 Å². The normalized spacial score (nSPS) is 18.9. The van der Waals surface area contributed by atoms with E-state index in [1.807, 2.05) is 36.4 Å². The molecule has 2 aliphatic rings. The molecule has 7 heteroatoms. The van der Waals surface area contributed by atoms with Crippen molar-refractivity contribution in [3.8, 4) is 17.1 Å². The summed E-state index contributed by atoms with van der Waals surface area (Å²) in [5.41, 5.74) is 5.35. The summed E-state index contributed by atoms with van der Waals surface area (Å²) in [4.78, 5) is 25.9. The number of hydrogen-bond acceptors (Lipinski definition) is 7. The number of aliphatic hydroxyl groups is 1. The molecule has 1 fully saturated rings. The van der Waals surface area contributed by atoms with Crippen molar-refractivity contribution < 1.29 is 14.6 Å². The molecule has 2 aromatic heterocycles. The molecule has 0 spiro atoms. The van der Waals surface area contributed by atoms with E-state index in [9.17, 15) is 9.90 Å². The van der Waals surface area contributed by atoms with Gasteiger partial charge in [0.15, 0.2) is 5.78 Å². The Morgan fingerprint density at radius 3 is 2.77 bits per heavy atom. The summed E-state index contributed by atoms with van der Waals surface area (Å²) in [6.07, 6.45) is 8.68. The van der Waals surface area contributed by atoms with E-state index in [1.54, 1.807) is 12.4 Å². The summed E-state index contributed by atoms with van der Waals surface area (Å²) < 4.78 is 6.03. The minimum atomic E-state index is -0.279. The molecule has 5 rings (SSSR count). The zero-order valence-electron chi connectivity index (χ0n) is 20.1. The van der Waals surface area contributed by atoms with Crippen molar-refractivity contribution in [2.24, 2.45) is 5.92 Å². The lowest BCUT2D eigenvalue weighted by atomic mass is 10.00. The number of allylic oxidation sites excluding steroid dienone is 1. The topological polar surface area (TPSA) is 97.2 Å². The second-order valence-electron chi connectivity index (χ2n) is 9.76. The highest BCUT2D eigenvalue weighted by Gasteiger charge is 2.24. The van der Waals surface area contributed by atoms with Crippen LogP contribution in [0.5, 0.6) is 5.75 Å². The fraction of sp³-hybridized carbons (Fsp3) is 0.357. The number of ether oxygens (including phenoxy) is 1. The number of carbonyl (C=O) groups excluding carboxylic acids is 1. The number of hydrogen-bond donors (Lipinski definition) is 2. The number of aromatic nitrogens is 3. The number of pyridine rings is 1. The highest BCUT2D eigenvalue weighted by Crippen LogP contribution is 2.31. The summed E-state index contributed by atoms with van der Waals surface area (Å²) >= 11 is 0. The van der Waals surface area contributed by atoms with Gasteiger partial charge in [-0.3, -0.25) is 9.78 Å². The van der Waals surface area contributed by atoms with Gasteiger partial charge >= 0.3 is 0 Å². The van der Waals surface area contributed by atoms with Gasteiger partial charge in [0.25, 0.3) is 0 Å². The van der Waals surface area contributed by atoms with Crippen LogP contribution in [-0.2, 0) is 11.2 Å². The van der Waals surface area contributed by atoms with E-state index in [0.717, 1.165) is 41.0 Å². The molecule has 2 N–H and O–H groups in total. The third-order valence-corrected chi connectivity index (χ3v) is 6.37. The Labute approximate surface area is 205 Å². The van der Waals surface area contributed by atoms with Crippen molar-refractivity contribution in [3.63, 3.8) is 0 Å². The number of anilines is 2. The molecule has 1 aromatic carbocycles. The lowest BCUT2D eigenvalue weighted by Gasteiger charge is -2.14. The summed E-state index contributed by atoms with van der Waals surface area (Å²) in [5.74, 6) is 1.77. The molecule has 2 atom stereocenters. The molecular formula is C28H30N4O3. The maximum Gasteiger partial charge on any atom is 0.227 e. The van der Waals surface area contributed by atoms with Crippen LogP contribution in [0.15, 0.2) is 54.4 Å². The molecule has 0 bridgehead atoms. The van der Waals surface area contributed by atoms with Gasteiger partial charge in [-0.1, -0.05) is 19.9 Å². The van der Waals surface area contributed by atoms with Crippen molar-refractivity contribution in [2.75, 3.05) is 5.32 Å². The Bertz CT molecular complexity index is 1270. The first-order valence-electron chi connectivity index (χ1n) is 12.2. The van der Waals surface area contributed by atoms with Crippen molar-refractivity contribution in [1.82, 2.24) is 15.0 Å². The Morgan fingerprint density at radius 1 is 1.11 bits per heavy atom. The minimum Gasteiger partial charge on any atom is -0.490 e. The van der Waals surface area contributed by atoms with Crippen LogP contribution < -0.4 is 10.1 Å². The van der Waals surface area contributed by atoms with E-state index in [-0.39, 0.29) is 18.0 Å². The summed E-state index contributed by atoms with van der Waals surface area (Å²) in [6, 6.07) is 11.6.